The van der Waals surface area contributed by atoms with Crippen molar-refractivity contribution in [2.75, 3.05) is 33.9 Å². The number of hydrogen-bond acceptors (Lipinski definition) is 6. The predicted octanol–water partition coefficient (Wildman–Crippen LogP) is 4.40. The van der Waals surface area contributed by atoms with Crippen molar-refractivity contribution >= 4 is 39.2 Å². The molecule has 0 radical (unpaired) electrons. The summed E-state index contributed by atoms with van der Waals surface area (Å²) in [6, 6.07) is 20.9. The van der Waals surface area contributed by atoms with Gasteiger partial charge >= 0.3 is 0 Å². The number of aliphatic hydroxyl groups is 1. The largest absolute Gasteiger partial charge is 0.497 e. The quantitative estimate of drug-likeness (QED) is 0.332. The van der Waals surface area contributed by atoms with Crippen molar-refractivity contribution < 1.29 is 19.4 Å². The number of halogens is 1. The second-order valence-corrected chi connectivity index (χ2v) is 10.7. The van der Waals surface area contributed by atoms with Crippen LogP contribution >= 0.6 is 28.1 Å². The average Bonchev–Trinajstić information content (AvgIpc) is 3.28. The second-order valence-electron chi connectivity index (χ2n) is 9.44. The molecule has 1 aliphatic rings. The summed E-state index contributed by atoms with van der Waals surface area (Å²) < 4.78 is 11.9. The molecule has 0 bridgehead atoms. The number of thiocarbonyl (C=S) groups is 1. The molecule has 1 heterocycles. The number of benzene rings is 3. The molecule has 3 N–H and O–H groups in total. The minimum absolute atomic E-state index is 0.0655. The third-order valence-corrected chi connectivity index (χ3v) is 8.10. The molecule has 7 nitrogen and oxygen atoms in total. The maximum atomic E-state index is 12.8. The Bertz CT molecular complexity index is 1310. The molecule has 0 saturated carbocycles. The van der Waals surface area contributed by atoms with Crippen LogP contribution in [0.3, 0.4) is 0 Å². The number of nitrogens with zero attached hydrogens (tertiary/aromatic N) is 1. The zero-order valence-electron chi connectivity index (χ0n) is 21.7. The monoisotopic (exact) mass is 597 g/mol. The van der Waals surface area contributed by atoms with Crippen molar-refractivity contribution in [2.45, 2.75) is 19.0 Å². The summed E-state index contributed by atoms with van der Waals surface area (Å²) in [6.45, 7) is 3.72. The van der Waals surface area contributed by atoms with Gasteiger partial charge in [0.05, 0.1) is 19.8 Å². The van der Waals surface area contributed by atoms with Crippen LogP contribution in [-0.2, 0) is 12.1 Å². The van der Waals surface area contributed by atoms with Gasteiger partial charge < -0.3 is 19.9 Å². The molecule has 1 unspecified atom stereocenters. The molecule has 1 aliphatic heterocycles. The molecule has 4 rings (SSSR count). The van der Waals surface area contributed by atoms with Crippen molar-refractivity contribution in [1.82, 2.24) is 15.5 Å². The number of hydrogen-bond donors (Lipinski definition) is 3. The third kappa shape index (κ3) is 6.02. The summed E-state index contributed by atoms with van der Waals surface area (Å²) >= 11 is 9.31. The predicted molar refractivity (Wildman–Crippen MR) is 156 cm³/mol. The van der Waals surface area contributed by atoms with E-state index in [9.17, 15) is 9.90 Å². The molecule has 3 aromatic rings. The van der Waals surface area contributed by atoms with Crippen LogP contribution in [0.2, 0.25) is 0 Å². The Morgan fingerprint density at radius 2 is 1.89 bits per heavy atom. The lowest BCUT2D eigenvalue weighted by molar-refractivity contribution is 0.0975. The van der Waals surface area contributed by atoms with Gasteiger partial charge in [-0.05, 0) is 54.5 Å². The number of amides is 1. The molecule has 0 spiro atoms. The number of nitrogens with one attached hydrogen (secondary N) is 2. The summed E-state index contributed by atoms with van der Waals surface area (Å²) in [5.74, 6) is 0.967. The van der Waals surface area contributed by atoms with Crippen LogP contribution < -0.4 is 20.1 Å². The number of aryl methyl sites for hydroxylation is 1. The number of carbonyl (C=O) groups excluding carboxylic acids is 1. The first-order chi connectivity index (χ1) is 18.3. The zero-order chi connectivity index (χ0) is 27.3. The topological polar surface area (TPSA) is 83.1 Å². The van der Waals surface area contributed by atoms with E-state index in [-0.39, 0.29) is 23.5 Å². The molecule has 3 aromatic carbocycles. The van der Waals surface area contributed by atoms with Crippen LogP contribution in [0, 0.1) is 12.8 Å². The number of carbonyl (C=O) groups is 1. The zero-order valence-corrected chi connectivity index (χ0v) is 24.1. The maximum absolute atomic E-state index is 12.8. The van der Waals surface area contributed by atoms with Gasteiger partial charge in [0.25, 0.3) is 5.91 Å². The molecule has 200 valence electrons. The van der Waals surface area contributed by atoms with Gasteiger partial charge in [-0.3, -0.25) is 15.0 Å². The molecule has 1 fully saturated rings. The van der Waals surface area contributed by atoms with Gasteiger partial charge in [-0.25, -0.2) is 0 Å². The second kappa shape index (κ2) is 12.3. The first-order valence-electron chi connectivity index (χ1n) is 12.3. The molecule has 2 atom stereocenters. The highest BCUT2D eigenvalue weighted by atomic mass is 79.9. The Kier molecular flexibility index (Phi) is 9.04. The normalized spacial score (nSPS) is 19.1. The van der Waals surface area contributed by atoms with Crippen molar-refractivity contribution in [3.8, 4) is 11.5 Å². The molecule has 0 aromatic heterocycles. The molecule has 9 heteroatoms. The summed E-state index contributed by atoms with van der Waals surface area (Å²) in [5.41, 5.74) is 2.84. The Hall–Kier alpha value is -2.98. The van der Waals surface area contributed by atoms with E-state index in [1.54, 1.807) is 38.5 Å². The Morgan fingerprint density at radius 3 is 2.55 bits per heavy atom. The van der Waals surface area contributed by atoms with Gasteiger partial charge in [-0.15, -0.1) is 0 Å². The third-order valence-electron chi connectivity index (χ3n) is 7.04. The van der Waals surface area contributed by atoms with Gasteiger partial charge in [-0.2, -0.15) is 0 Å². The molecule has 0 aliphatic carbocycles. The van der Waals surface area contributed by atoms with E-state index in [1.807, 2.05) is 37.3 Å². The van der Waals surface area contributed by atoms with Crippen molar-refractivity contribution in [3.05, 3.63) is 93.5 Å². The molecule has 1 saturated heterocycles. The Balaban J connectivity index is 1.65. The van der Waals surface area contributed by atoms with E-state index in [1.165, 1.54) is 0 Å². The fraction of sp³-hybridized carbons (Fsp3) is 0.310. The number of likely N-dealkylation sites (tertiary alicyclic amines) is 1. The van der Waals surface area contributed by atoms with Crippen molar-refractivity contribution in [3.63, 3.8) is 0 Å². The highest BCUT2D eigenvalue weighted by Crippen LogP contribution is 2.40. The first kappa shape index (κ1) is 28.0. The highest BCUT2D eigenvalue weighted by molar-refractivity contribution is 9.10. The minimum Gasteiger partial charge on any atom is -0.497 e. The fourth-order valence-corrected chi connectivity index (χ4v) is 5.63. The first-order valence-corrected chi connectivity index (χ1v) is 13.5. The Morgan fingerprint density at radius 1 is 1.13 bits per heavy atom. The highest BCUT2D eigenvalue weighted by Gasteiger charge is 2.48. The maximum Gasteiger partial charge on any atom is 0.257 e. The van der Waals surface area contributed by atoms with E-state index in [0.29, 0.717) is 25.2 Å². The van der Waals surface area contributed by atoms with Gasteiger partial charge in [0, 0.05) is 53.8 Å². The van der Waals surface area contributed by atoms with Crippen molar-refractivity contribution in [1.29, 1.82) is 0 Å². The smallest absolute Gasteiger partial charge is 0.257 e. The van der Waals surface area contributed by atoms with Gasteiger partial charge in [0.1, 0.15) is 11.5 Å². The van der Waals surface area contributed by atoms with Gasteiger partial charge in [0.2, 0.25) is 0 Å². The number of aliphatic hydroxyl groups excluding tert-OH is 1. The van der Waals surface area contributed by atoms with Crippen LogP contribution in [0.1, 0.15) is 27.0 Å². The van der Waals surface area contributed by atoms with E-state index in [0.717, 1.165) is 32.7 Å². The lowest BCUT2D eigenvalue weighted by atomic mass is 9.80. The van der Waals surface area contributed by atoms with Gasteiger partial charge in [0.15, 0.2) is 5.11 Å². The molecular weight excluding hydrogens is 566 g/mol. The molecule has 1 amide bonds. The average molecular weight is 599 g/mol. The standard InChI is InChI=1S/C29H32BrN3O4S/c1-19-9-11-22(13-25(19)30)29(32-28(38)31-27(35)20-7-5-4-6-8-20)18-33(16-23(29)17-34)15-21-10-12-24(36-2)14-26(21)37-3/h4-14,23,34H,15-18H2,1-3H3,(H2,31,32,35,38)/t23?,29-/m0/s1. The summed E-state index contributed by atoms with van der Waals surface area (Å²) in [7, 11) is 3.27. The summed E-state index contributed by atoms with van der Waals surface area (Å²) in [6.07, 6.45) is 0. The van der Waals surface area contributed by atoms with Crippen LogP contribution in [-0.4, -0.2) is 54.9 Å². The van der Waals surface area contributed by atoms with Gasteiger partial charge in [-0.1, -0.05) is 52.3 Å². The SMILES string of the molecule is COc1ccc(CN2CC(CO)[C@@](NC(=S)NC(=O)c3ccccc3)(c3ccc(C)c(Br)c3)C2)c(OC)c1. The van der Waals surface area contributed by atoms with E-state index >= 15 is 0 Å². The lowest BCUT2D eigenvalue weighted by Crippen LogP contribution is -2.56. The minimum atomic E-state index is -0.744. The number of ether oxygens (including phenoxy) is 2. The Labute approximate surface area is 237 Å². The molecule has 38 heavy (non-hydrogen) atoms. The van der Waals surface area contributed by atoms with Crippen LogP contribution in [0.4, 0.5) is 0 Å². The number of rotatable bonds is 8. The fourth-order valence-electron chi connectivity index (χ4n) is 4.98. The van der Waals surface area contributed by atoms with Crippen LogP contribution in [0.25, 0.3) is 0 Å². The van der Waals surface area contributed by atoms with E-state index in [4.69, 9.17) is 21.7 Å². The van der Waals surface area contributed by atoms with E-state index in [2.05, 4.69) is 43.6 Å². The lowest BCUT2D eigenvalue weighted by Gasteiger charge is -2.37. The van der Waals surface area contributed by atoms with Crippen LogP contribution in [0.15, 0.2) is 71.2 Å². The van der Waals surface area contributed by atoms with Crippen molar-refractivity contribution in [2.24, 2.45) is 5.92 Å². The summed E-state index contributed by atoms with van der Waals surface area (Å²) in [5, 5.41) is 17.0. The van der Waals surface area contributed by atoms with E-state index < -0.39 is 5.54 Å². The summed E-state index contributed by atoms with van der Waals surface area (Å²) in [4.78, 5) is 15.1. The van der Waals surface area contributed by atoms with Crippen LogP contribution in [0.5, 0.6) is 11.5 Å². The molecular formula is C29H32BrN3O4S. The number of methoxy groups -OCH3 is 2.